The Bertz CT molecular complexity index is 437. The van der Waals surface area contributed by atoms with Gasteiger partial charge in [0.1, 0.15) is 4.34 Å². The second-order valence-corrected chi connectivity index (χ2v) is 4.65. The van der Waals surface area contributed by atoms with Crippen LogP contribution in [0.5, 0.6) is 0 Å². The van der Waals surface area contributed by atoms with Gasteiger partial charge in [-0.15, -0.1) is 21.5 Å². The van der Waals surface area contributed by atoms with Crippen molar-refractivity contribution in [1.29, 1.82) is 0 Å². The lowest BCUT2D eigenvalue weighted by atomic mass is 10.3. The average Bonchev–Trinajstić information content (AvgIpc) is 2.58. The molecule has 0 atom stereocenters. The smallest absolute Gasteiger partial charge is 0.250 e. The Kier molecular flexibility index (Phi) is 2.27. The first-order chi connectivity index (χ1) is 6.16. The van der Waals surface area contributed by atoms with Crippen LogP contribution in [-0.4, -0.2) is 10.2 Å². The molecule has 0 saturated carbocycles. The summed E-state index contributed by atoms with van der Waals surface area (Å²) >= 11 is 12.9. The zero-order valence-electron chi connectivity index (χ0n) is 6.54. The van der Waals surface area contributed by atoms with Crippen molar-refractivity contribution in [2.75, 3.05) is 0 Å². The molecule has 2 rings (SSSR count). The highest BCUT2D eigenvalue weighted by atomic mass is 35.5. The van der Waals surface area contributed by atoms with E-state index in [0.717, 1.165) is 0 Å². The van der Waals surface area contributed by atoms with Gasteiger partial charge < -0.3 is 4.42 Å². The molecule has 0 bridgehead atoms. The van der Waals surface area contributed by atoms with Crippen LogP contribution in [0.1, 0.15) is 5.89 Å². The van der Waals surface area contributed by atoms with E-state index >= 15 is 0 Å². The Morgan fingerprint density at radius 3 is 2.62 bits per heavy atom. The minimum Gasteiger partial charge on any atom is -0.421 e. The summed E-state index contributed by atoms with van der Waals surface area (Å²) in [4.78, 5) is 0. The van der Waals surface area contributed by atoms with Gasteiger partial charge in [-0.05, 0) is 6.07 Å². The molecule has 0 aliphatic rings. The zero-order chi connectivity index (χ0) is 9.42. The normalized spacial score (nSPS) is 10.7. The Morgan fingerprint density at radius 2 is 2.15 bits per heavy atom. The fraction of sp³-hybridized carbons (Fsp3) is 0.143. The van der Waals surface area contributed by atoms with E-state index in [1.165, 1.54) is 11.3 Å². The van der Waals surface area contributed by atoms with Crippen LogP contribution in [-0.2, 0) is 0 Å². The maximum absolute atomic E-state index is 5.90. The van der Waals surface area contributed by atoms with Crippen molar-refractivity contribution in [2.24, 2.45) is 0 Å². The van der Waals surface area contributed by atoms with Crippen molar-refractivity contribution in [1.82, 2.24) is 10.2 Å². The first kappa shape index (κ1) is 8.99. The van der Waals surface area contributed by atoms with E-state index in [9.17, 15) is 0 Å². The zero-order valence-corrected chi connectivity index (χ0v) is 8.87. The molecule has 0 amide bonds. The molecule has 0 saturated heterocycles. The van der Waals surface area contributed by atoms with Gasteiger partial charge >= 0.3 is 0 Å². The molecule has 0 N–H and O–H groups in total. The van der Waals surface area contributed by atoms with Crippen LogP contribution in [0.2, 0.25) is 8.67 Å². The van der Waals surface area contributed by atoms with E-state index in [0.29, 0.717) is 26.0 Å². The predicted molar refractivity (Wildman–Crippen MR) is 52.4 cm³/mol. The summed E-state index contributed by atoms with van der Waals surface area (Å²) in [5, 5.41) is 7.54. The van der Waals surface area contributed by atoms with Gasteiger partial charge in [-0.1, -0.05) is 23.2 Å². The van der Waals surface area contributed by atoms with Crippen molar-refractivity contribution < 1.29 is 4.42 Å². The fourth-order valence-electron chi connectivity index (χ4n) is 0.891. The van der Waals surface area contributed by atoms with Gasteiger partial charge in [-0.2, -0.15) is 0 Å². The molecule has 3 nitrogen and oxygen atoms in total. The van der Waals surface area contributed by atoms with Crippen molar-refractivity contribution >= 4 is 34.5 Å². The molecule has 6 heteroatoms. The summed E-state index contributed by atoms with van der Waals surface area (Å²) in [6, 6.07) is 1.71. The number of aryl methyl sites for hydroxylation is 1. The topological polar surface area (TPSA) is 38.9 Å². The predicted octanol–water partition coefficient (Wildman–Crippen LogP) is 3.41. The number of rotatable bonds is 1. The van der Waals surface area contributed by atoms with Gasteiger partial charge in [-0.3, -0.25) is 0 Å². The van der Waals surface area contributed by atoms with Crippen LogP contribution in [0.4, 0.5) is 0 Å². The first-order valence-electron chi connectivity index (χ1n) is 3.42. The highest BCUT2D eigenvalue weighted by Gasteiger charge is 2.13. The van der Waals surface area contributed by atoms with Crippen LogP contribution in [0.3, 0.4) is 0 Å². The van der Waals surface area contributed by atoms with Gasteiger partial charge in [0.25, 0.3) is 0 Å². The molecule has 13 heavy (non-hydrogen) atoms. The number of thiophene rings is 1. The Balaban J connectivity index is 2.51. The van der Waals surface area contributed by atoms with Gasteiger partial charge in [-0.25, -0.2) is 0 Å². The largest absolute Gasteiger partial charge is 0.421 e. The molecule has 0 spiro atoms. The Morgan fingerprint density at radius 1 is 1.38 bits per heavy atom. The third-order valence-corrected chi connectivity index (χ3v) is 2.90. The average molecular weight is 235 g/mol. The van der Waals surface area contributed by atoms with Crippen molar-refractivity contribution in [2.45, 2.75) is 6.92 Å². The molecule has 2 aromatic heterocycles. The van der Waals surface area contributed by atoms with E-state index < -0.39 is 0 Å². The standard InChI is InChI=1S/C7H4Cl2N2OS/c1-3-10-11-7(12-3)4-2-5(8)13-6(4)9/h2H,1H3. The molecule has 0 unspecified atom stereocenters. The summed E-state index contributed by atoms with van der Waals surface area (Å²) in [5.74, 6) is 0.916. The molecule has 2 heterocycles. The SMILES string of the molecule is Cc1nnc(-c2cc(Cl)sc2Cl)o1. The van der Waals surface area contributed by atoms with Crippen LogP contribution in [0.25, 0.3) is 11.5 Å². The minimum absolute atomic E-state index is 0.408. The van der Waals surface area contributed by atoms with E-state index in [1.807, 2.05) is 0 Å². The molecule has 0 aliphatic carbocycles. The van der Waals surface area contributed by atoms with Crippen LogP contribution in [0.15, 0.2) is 10.5 Å². The van der Waals surface area contributed by atoms with Crippen LogP contribution in [0, 0.1) is 6.92 Å². The fourth-order valence-corrected chi connectivity index (χ4v) is 2.34. The van der Waals surface area contributed by atoms with Gasteiger partial charge in [0.15, 0.2) is 0 Å². The van der Waals surface area contributed by atoms with E-state index in [-0.39, 0.29) is 0 Å². The van der Waals surface area contributed by atoms with E-state index in [4.69, 9.17) is 27.6 Å². The summed E-state index contributed by atoms with van der Waals surface area (Å²) in [7, 11) is 0. The Labute approximate surface area is 88.3 Å². The number of nitrogens with zero attached hydrogens (tertiary/aromatic N) is 2. The number of halogens is 2. The second-order valence-electron chi connectivity index (χ2n) is 2.36. The number of hydrogen-bond acceptors (Lipinski definition) is 4. The lowest BCUT2D eigenvalue weighted by molar-refractivity contribution is 0.533. The minimum atomic E-state index is 0.408. The third kappa shape index (κ3) is 1.70. The quantitative estimate of drug-likeness (QED) is 0.760. The molecular weight excluding hydrogens is 231 g/mol. The third-order valence-electron chi connectivity index (χ3n) is 1.41. The molecule has 0 aliphatic heterocycles. The van der Waals surface area contributed by atoms with Gasteiger partial charge in [0.05, 0.1) is 9.90 Å². The number of aromatic nitrogens is 2. The summed E-state index contributed by atoms with van der Waals surface area (Å²) in [6.45, 7) is 1.72. The summed E-state index contributed by atoms with van der Waals surface area (Å²) in [5.41, 5.74) is 0.692. The maximum atomic E-state index is 5.90. The number of hydrogen-bond donors (Lipinski definition) is 0. The molecule has 0 radical (unpaired) electrons. The molecule has 0 aromatic carbocycles. The molecule has 68 valence electrons. The first-order valence-corrected chi connectivity index (χ1v) is 4.99. The highest BCUT2D eigenvalue weighted by molar-refractivity contribution is 7.20. The van der Waals surface area contributed by atoms with Crippen LogP contribution >= 0.6 is 34.5 Å². The van der Waals surface area contributed by atoms with Crippen molar-refractivity contribution in [3.63, 3.8) is 0 Å². The van der Waals surface area contributed by atoms with E-state index in [2.05, 4.69) is 10.2 Å². The molecule has 0 fully saturated rings. The summed E-state index contributed by atoms with van der Waals surface area (Å²) < 4.78 is 6.38. The Hall–Kier alpha value is -0.580. The molecular formula is C7H4Cl2N2OS. The van der Waals surface area contributed by atoms with Crippen LogP contribution < -0.4 is 0 Å². The maximum Gasteiger partial charge on any atom is 0.250 e. The lowest BCUT2D eigenvalue weighted by Crippen LogP contribution is -1.73. The van der Waals surface area contributed by atoms with Gasteiger partial charge in [0.2, 0.25) is 11.8 Å². The highest BCUT2D eigenvalue weighted by Crippen LogP contribution is 2.37. The lowest BCUT2D eigenvalue weighted by Gasteiger charge is -1.87. The monoisotopic (exact) mass is 234 g/mol. The van der Waals surface area contributed by atoms with Crippen molar-refractivity contribution in [3.8, 4) is 11.5 Å². The van der Waals surface area contributed by atoms with Gasteiger partial charge in [0, 0.05) is 6.92 Å². The van der Waals surface area contributed by atoms with Crippen molar-refractivity contribution in [3.05, 3.63) is 20.6 Å². The molecule has 2 aromatic rings. The summed E-state index contributed by atoms with van der Waals surface area (Å²) in [6.07, 6.45) is 0. The second kappa shape index (κ2) is 3.29. The van der Waals surface area contributed by atoms with E-state index in [1.54, 1.807) is 13.0 Å².